The summed E-state index contributed by atoms with van der Waals surface area (Å²) >= 11 is 27.1. The largest absolute Gasteiger partial charge is 0.130 e. The van der Waals surface area contributed by atoms with E-state index in [1.165, 1.54) is 0 Å². The highest BCUT2D eigenvalue weighted by Gasteiger charge is 2.20. The molecule has 0 fully saturated rings. The Morgan fingerprint density at radius 1 is 1.12 bits per heavy atom. The number of thiophene rings is 1. The fraction of sp³-hybridized carbons (Fsp3) is 0.0909. The van der Waals surface area contributed by atoms with E-state index in [9.17, 15) is 0 Å². The Morgan fingerprint density at radius 2 is 1.71 bits per heavy atom. The molecule has 0 spiro atoms. The lowest BCUT2D eigenvalue weighted by atomic mass is 10.1. The summed E-state index contributed by atoms with van der Waals surface area (Å²) in [5, 5.41) is 0.820. The van der Waals surface area contributed by atoms with Crippen molar-refractivity contribution in [2.45, 2.75) is 5.38 Å². The number of rotatable bonds is 2. The van der Waals surface area contributed by atoms with Gasteiger partial charge in [-0.25, -0.2) is 0 Å². The average molecular weight is 435 g/mol. The quantitative estimate of drug-likeness (QED) is 0.450. The van der Waals surface area contributed by atoms with Crippen LogP contribution in [0.15, 0.2) is 32.5 Å². The Morgan fingerprint density at radius 3 is 2.18 bits per heavy atom. The molecule has 2 rings (SSSR count). The highest BCUT2D eigenvalue weighted by atomic mass is 79.9. The van der Waals surface area contributed by atoms with E-state index in [1.54, 1.807) is 29.5 Å². The molecular formula is C11H5Br2Cl3S. The number of alkyl halides is 1. The van der Waals surface area contributed by atoms with Gasteiger partial charge in [0.2, 0.25) is 0 Å². The van der Waals surface area contributed by atoms with Gasteiger partial charge in [0, 0.05) is 25.0 Å². The maximum Gasteiger partial charge on any atom is 0.0957 e. The van der Waals surface area contributed by atoms with Crippen LogP contribution in [0.25, 0.3) is 0 Å². The van der Waals surface area contributed by atoms with Crippen LogP contribution in [0.2, 0.25) is 10.0 Å². The average Bonchev–Trinajstić information content (AvgIpc) is 2.59. The Bertz CT molecular complexity index is 514. The van der Waals surface area contributed by atoms with Crippen LogP contribution in [0.1, 0.15) is 15.8 Å². The minimum Gasteiger partial charge on any atom is -0.130 e. The maximum atomic E-state index is 6.43. The van der Waals surface area contributed by atoms with Gasteiger partial charge in [-0.3, -0.25) is 0 Å². The number of halogens is 5. The van der Waals surface area contributed by atoms with E-state index in [0.717, 1.165) is 18.7 Å². The molecule has 0 aliphatic carbocycles. The summed E-state index contributed by atoms with van der Waals surface area (Å²) in [6.45, 7) is 0. The molecule has 0 saturated heterocycles. The molecular weight excluding hydrogens is 430 g/mol. The highest BCUT2D eigenvalue weighted by molar-refractivity contribution is 9.13. The SMILES string of the molecule is Clc1cccc(Cl)c1C(Cl)c1cc(Br)c(Br)s1. The Kier molecular flexibility index (Phi) is 4.84. The predicted octanol–water partition coefficient (Wildman–Crippen LogP) is 6.91. The lowest BCUT2D eigenvalue weighted by Gasteiger charge is -2.11. The molecule has 0 nitrogen and oxygen atoms in total. The van der Waals surface area contributed by atoms with Crippen LogP contribution in [0.4, 0.5) is 0 Å². The van der Waals surface area contributed by atoms with E-state index in [-0.39, 0.29) is 5.38 Å². The smallest absolute Gasteiger partial charge is 0.0957 e. The maximum absolute atomic E-state index is 6.43. The first-order chi connectivity index (χ1) is 8.00. The van der Waals surface area contributed by atoms with Gasteiger partial charge in [0.15, 0.2) is 0 Å². The molecule has 1 aromatic heterocycles. The Hall–Kier alpha value is 0.750. The van der Waals surface area contributed by atoms with Gasteiger partial charge in [-0.05, 0) is 50.1 Å². The molecule has 0 aliphatic rings. The molecule has 1 aromatic carbocycles. The van der Waals surface area contributed by atoms with E-state index in [2.05, 4.69) is 31.9 Å². The standard InChI is InChI=1S/C11H5Br2Cl3S/c12-5-4-8(17-11(5)13)10(16)9-6(14)2-1-3-7(9)15/h1-4,10H. The molecule has 0 amide bonds. The summed E-state index contributed by atoms with van der Waals surface area (Å²) < 4.78 is 1.98. The molecule has 0 saturated carbocycles. The second kappa shape index (κ2) is 5.81. The van der Waals surface area contributed by atoms with Crippen LogP contribution in [-0.2, 0) is 0 Å². The van der Waals surface area contributed by atoms with Crippen molar-refractivity contribution in [1.82, 2.24) is 0 Å². The summed E-state index contributed by atoms with van der Waals surface area (Å²) in [6.07, 6.45) is 0. The second-order valence-corrected chi connectivity index (χ2v) is 7.78. The second-order valence-electron chi connectivity index (χ2n) is 3.27. The molecule has 6 heteroatoms. The third-order valence-corrected chi connectivity index (χ3v) is 6.73. The molecule has 90 valence electrons. The van der Waals surface area contributed by atoms with Crippen molar-refractivity contribution in [3.63, 3.8) is 0 Å². The molecule has 17 heavy (non-hydrogen) atoms. The van der Waals surface area contributed by atoms with Crippen molar-refractivity contribution in [3.05, 3.63) is 53.0 Å². The summed E-state index contributed by atoms with van der Waals surface area (Å²) in [7, 11) is 0. The fourth-order valence-electron chi connectivity index (χ4n) is 1.38. The van der Waals surface area contributed by atoms with E-state index in [0.29, 0.717) is 10.0 Å². The van der Waals surface area contributed by atoms with Gasteiger partial charge in [0.25, 0.3) is 0 Å². The summed E-state index contributed by atoms with van der Waals surface area (Å²) in [6, 6.07) is 7.34. The zero-order valence-electron chi connectivity index (χ0n) is 8.18. The Labute approximate surface area is 135 Å². The molecule has 0 bridgehead atoms. The normalized spacial score (nSPS) is 12.8. The van der Waals surface area contributed by atoms with Gasteiger partial charge in [-0.1, -0.05) is 29.3 Å². The lowest BCUT2D eigenvalue weighted by molar-refractivity contribution is 1.18. The molecule has 1 unspecified atom stereocenters. The van der Waals surface area contributed by atoms with Crippen molar-refractivity contribution in [3.8, 4) is 0 Å². The predicted molar refractivity (Wildman–Crippen MR) is 83.9 cm³/mol. The minimum absolute atomic E-state index is 0.344. The lowest BCUT2D eigenvalue weighted by Crippen LogP contribution is -1.92. The molecule has 1 atom stereocenters. The van der Waals surface area contributed by atoms with Crippen molar-refractivity contribution in [2.75, 3.05) is 0 Å². The minimum atomic E-state index is -0.344. The van der Waals surface area contributed by atoms with Crippen molar-refractivity contribution in [2.24, 2.45) is 0 Å². The van der Waals surface area contributed by atoms with Gasteiger partial charge < -0.3 is 0 Å². The number of benzene rings is 1. The number of hydrogen-bond donors (Lipinski definition) is 0. The summed E-state index contributed by atoms with van der Waals surface area (Å²) in [5.74, 6) is 0. The zero-order valence-corrected chi connectivity index (χ0v) is 14.4. The summed E-state index contributed by atoms with van der Waals surface area (Å²) in [4.78, 5) is 0.986. The van der Waals surface area contributed by atoms with E-state index in [4.69, 9.17) is 34.8 Å². The zero-order chi connectivity index (χ0) is 12.6. The van der Waals surface area contributed by atoms with Gasteiger partial charge in [0.1, 0.15) is 0 Å². The molecule has 1 heterocycles. The van der Waals surface area contributed by atoms with Gasteiger partial charge in [-0.15, -0.1) is 22.9 Å². The van der Waals surface area contributed by atoms with E-state index < -0.39 is 0 Å². The third kappa shape index (κ3) is 3.02. The summed E-state index contributed by atoms with van der Waals surface area (Å²) in [5.41, 5.74) is 0.749. The monoisotopic (exact) mass is 432 g/mol. The van der Waals surface area contributed by atoms with E-state index in [1.807, 2.05) is 6.07 Å². The topological polar surface area (TPSA) is 0 Å². The highest BCUT2D eigenvalue weighted by Crippen LogP contribution is 2.44. The van der Waals surface area contributed by atoms with Crippen LogP contribution in [0.5, 0.6) is 0 Å². The van der Waals surface area contributed by atoms with Crippen LogP contribution < -0.4 is 0 Å². The van der Waals surface area contributed by atoms with E-state index >= 15 is 0 Å². The first kappa shape index (κ1) is 14.2. The van der Waals surface area contributed by atoms with Crippen molar-refractivity contribution in [1.29, 1.82) is 0 Å². The first-order valence-electron chi connectivity index (χ1n) is 4.53. The van der Waals surface area contributed by atoms with Crippen LogP contribution >= 0.6 is 78.0 Å². The molecule has 0 N–H and O–H groups in total. The fourth-order valence-corrected chi connectivity index (χ4v) is 4.62. The number of hydrogen-bond acceptors (Lipinski definition) is 1. The molecule has 0 radical (unpaired) electrons. The van der Waals surface area contributed by atoms with Crippen LogP contribution in [0, 0.1) is 0 Å². The van der Waals surface area contributed by atoms with Gasteiger partial charge in [0.05, 0.1) is 9.16 Å². The van der Waals surface area contributed by atoms with Crippen LogP contribution in [-0.4, -0.2) is 0 Å². The van der Waals surface area contributed by atoms with Crippen molar-refractivity contribution < 1.29 is 0 Å². The van der Waals surface area contributed by atoms with Gasteiger partial charge in [-0.2, -0.15) is 0 Å². The van der Waals surface area contributed by atoms with Gasteiger partial charge >= 0.3 is 0 Å². The first-order valence-corrected chi connectivity index (χ1v) is 8.13. The van der Waals surface area contributed by atoms with Crippen LogP contribution in [0.3, 0.4) is 0 Å². The Balaban J connectivity index is 2.47. The molecule has 0 aliphatic heterocycles. The molecule has 2 aromatic rings. The third-order valence-electron chi connectivity index (χ3n) is 2.17. The van der Waals surface area contributed by atoms with Crippen molar-refractivity contribution >= 4 is 78.0 Å².